The Hall–Kier alpha value is -1.73. The van der Waals surface area contributed by atoms with Crippen molar-refractivity contribution in [2.75, 3.05) is 0 Å². The molecule has 0 spiro atoms. The smallest absolute Gasteiger partial charge is 0.114 e. The summed E-state index contributed by atoms with van der Waals surface area (Å²) in [6, 6.07) is 8.19. The Morgan fingerprint density at radius 3 is 2.82 bits per heavy atom. The third-order valence-electron chi connectivity index (χ3n) is 3.08. The summed E-state index contributed by atoms with van der Waals surface area (Å²) in [7, 11) is 0. The van der Waals surface area contributed by atoms with Gasteiger partial charge < -0.3 is 0 Å². The number of nitrogens with zero attached hydrogens (tertiary/aromatic N) is 3. The lowest BCUT2D eigenvalue weighted by molar-refractivity contribution is 0.890. The number of hydrogen-bond acceptors (Lipinski definition) is 4. The van der Waals surface area contributed by atoms with Crippen molar-refractivity contribution in [1.82, 2.24) is 9.97 Å². The number of pyridine rings is 1. The highest BCUT2D eigenvalue weighted by atomic mass is 32.1. The predicted molar refractivity (Wildman–Crippen MR) is 66.6 cm³/mol. The summed E-state index contributed by atoms with van der Waals surface area (Å²) in [5.41, 5.74) is 1.52. The summed E-state index contributed by atoms with van der Waals surface area (Å²) < 4.78 is 0. The van der Waals surface area contributed by atoms with Crippen LogP contribution in [0.25, 0.3) is 11.4 Å². The van der Waals surface area contributed by atoms with E-state index in [1.807, 2.05) is 25.1 Å². The molecule has 0 amide bonds. The molecule has 3 rings (SSSR count). The minimum absolute atomic E-state index is 0.289. The fraction of sp³-hybridized carbons (Fsp3) is 0.308. The van der Waals surface area contributed by atoms with Crippen molar-refractivity contribution in [1.29, 1.82) is 5.26 Å². The van der Waals surface area contributed by atoms with Gasteiger partial charge in [0.1, 0.15) is 16.1 Å². The van der Waals surface area contributed by atoms with E-state index in [4.69, 9.17) is 0 Å². The van der Waals surface area contributed by atoms with Crippen molar-refractivity contribution in [3.63, 3.8) is 0 Å². The number of aromatic nitrogens is 2. The van der Waals surface area contributed by atoms with E-state index in [0.29, 0.717) is 0 Å². The molecule has 0 bridgehead atoms. The molecule has 2 heterocycles. The SMILES string of the molecule is Cc1sc(C2(C#N)CC2)nc1-c1ccccn1. The number of hydrogen-bond donors (Lipinski definition) is 0. The molecule has 84 valence electrons. The summed E-state index contributed by atoms with van der Waals surface area (Å²) in [4.78, 5) is 10.1. The molecular formula is C13H11N3S. The van der Waals surface area contributed by atoms with Gasteiger partial charge in [0.05, 0.1) is 11.8 Å². The normalized spacial score (nSPS) is 16.5. The molecular weight excluding hydrogens is 230 g/mol. The van der Waals surface area contributed by atoms with Crippen LogP contribution in [0.4, 0.5) is 0 Å². The van der Waals surface area contributed by atoms with Crippen LogP contribution in [0.2, 0.25) is 0 Å². The van der Waals surface area contributed by atoms with Gasteiger partial charge in [-0.25, -0.2) is 4.98 Å². The first-order valence-corrected chi connectivity index (χ1v) is 6.37. The fourth-order valence-corrected chi connectivity index (χ4v) is 2.96. The van der Waals surface area contributed by atoms with Gasteiger partial charge in [-0.05, 0) is 31.9 Å². The first-order chi connectivity index (χ1) is 8.25. The molecule has 3 nitrogen and oxygen atoms in total. The van der Waals surface area contributed by atoms with Crippen LogP contribution in [-0.4, -0.2) is 9.97 Å². The van der Waals surface area contributed by atoms with Gasteiger partial charge >= 0.3 is 0 Å². The van der Waals surface area contributed by atoms with Gasteiger partial charge in [-0.1, -0.05) is 6.07 Å². The van der Waals surface area contributed by atoms with Gasteiger partial charge in [0.25, 0.3) is 0 Å². The van der Waals surface area contributed by atoms with E-state index < -0.39 is 0 Å². The molecule has 1 saturated carbocycles. The summed E-state index contributed by atoms with van der Waals surface area (Å²) in [5.74, 6) is 0. The van der Waals surface area contributed by atoms with Gasteiger partial charge in [0, 0.05) is 11.1 Å². The minimum Gasteiger partial charge on any atom is -0.255 e. The largest absolute Gasteiger partial charge is 0.255 e. The van der Waals surface area contributed by atoms with Crippen molar-refractivity contribution in [2.45, 2.75) is 25.2 Å². The van der Waals surface area contributed by atoms with E-state index in [2.05, 4.69) is 16.0 Å². The van der Waals surface area contributed by atoms with Crippen LogP contribution in [0.3, 0.4) is 0 Å². The molecule has 0 unspecified atom stereocenters. The van der Waals surface area contributed by atoms with Crippen molar-refractivity contribution in [2.24, 2.45) is 0 Å². The number of nitriles is 1. The third kappa shape index (κ3) is 1.63. The standard InChI is InChI=1S/C13H11N3S/c1-9-11(10-4-2-3-7-15-10)16-12(17-9)13(8-14)5-6-13/h2-4,7H,5-6H2,1H3. The van der Waals surface area contributed by atoms with E-state index in [1.54, 1.807) is 17.5 Å². The Kier molecular flexibility index (Phi) is 2.23. The van der Waals surface area contributed by atoms with Crippen LogP contribution in [0.1, 0.15) is 22.7 Å². The Morgan fingerprint density at radius 1 is 1.41 bits per heavy atom. The molecule has 0 atom stereocenters. The quantitative estimate of drug-likeness (QED) is 0.811. The average Bonchev–Trinajstić information content (AvgIpc) is 3.08. The molecule has 1 fully saturated rings. The van der Waals surface area contributed by atoms with Gasteiger partial charge in [-0.2, -0.15) is 5.26 Å². The topological polar surface area (TPSA) is 49.6 Å². The first kappa shape index (κ1) is 10.4. The first-order valence-electron chi connectivity index (χ1n) is 5.56. The molecule has 0 saturated heterocycles. The van der Waals surface area contributed by atoms with Crippen molar-refractivity contribution in [3.05, 3.63) is 34.3 Å². The third-order valence-corrected chi connectivity index (χ3v) is 4.25. The monoisotopic (exact) mass is 241 g/mol. The molecule has 4 heteroatoms. The average molecular weight is 241 g/mol. The van der Waals surface area contributed by atoms with Crippen LogP contribution in [-0.2, 0) is 5.41 Å². The zero-order valence-corrected chi connectivity index (χ0v) is 10.3. The maximum atomic E-state index is 9.18. The van der Waals surface area contributed by atoms with Gasteiger partial charge in [0.15, 0.2) is 0 Å². The second-order valence-electron chi connectivity index (χ2n) is 4.33. The Labute approximate surface area is 104 Å². The molecule has 0 N–H and O–H groups in total. The summed E-state index contributed by atoms with van der Waals surface area (Å²) >= 11 is 1.63. The van der Waals surface area contributed by atoms with Crippen molar-refractivity contribution >= 4 is 11.3 Å². The molecule has 0 radical (unpaired) electrons. The second-order valence-corrected chi connectivity index (χ2v) is 5.54. The highest BCUT2D eigenvalue weighted by Crippen LogP contribution is 2.49. The highest BCUT2D eigenvalue weighted by Gasteiger charge is 2.48. The van der Waals surface area contributed by atoms with Crippen molar-refractivity contribution in [3.8, 4) is 17.5 Å². The zero-order valence-electron chi connectivity index (χ0n) is 9.47. The molecule has 1 aliphatic carbocycles. The van der Waals surface area contributed by atoms with Crippen LogP contribution < -0.4 is 0 Å². The maximum absolute atomic E-state index is 9.18. The maximum Gasteiger partial charge on any atom is 0.114 e. The Morgan fingerprint density at radius 2 is 2.24 bits per heavy atom. The molecule has 0 aromatic carbocycles. The lowest BCUT2D eigenvalue weighted by Gasteiger charge is -1.98. The molecule has 1 aliphatic rings. The number of thiazole rings is 1. The van der Waals surface area contributed by atoms with Crippen LogP contribution in [0, 0.1) is 18.3 Å². The Balaban J connectivity index is 2.06. The minimum atomic E-state index is -0.289. The summed E-state index contributed by atoms with van der Waals surface area (Å²) in [6.07, 6.45) is 3.65. The highest BCUT2D eigenvalue weighted by molar-refractivity contribution is 7.12. The van der Waals surface area contributed by atoms with E-state index in [1.165, 1.54) is 0 Å². The predicted octanol–water partition coefficient (Wildman–Crippen LogP) is 3.07. The van der Waals surface area contributed by atoms with Crippen LogP contribution in [0.15, 0.2) is 24.4 Å². The van der Waals surface area contributed by atoms with E-state index >= 15 is 0 Å². The second kappa shape index (κ2) is 3.64. The van der Waals surface area contributed by atoms with Crippen molar-refractivity contribution < 1.29 is 0 Å². The molecule has 2 aromatic heterocycles. The number of rotatable bonds is 2. The molecule has 17 heavy (non-hydrogen) atoms. The summed E-state index contributed by atoms with van der Waals surface area (Å²) in [5, 5.41) is 10.1. The zero-order chi connectivity index (χ0) is 11.9. The fourth-order valence-electron chi connectivity index (χ4n) is 1.84. The number of aryl methyl sites for hydroxylation is 1. The van der Waals surface area contributed by atoms with Gasteiger partial charge in [-0.3, -0.25) is 4.98 Å². The lowest BCUT2D eigenvalue weighted by Crippen LogP contribution is -2.01. The van der Waals surface area contributed by atoms with E-state index in [-0.39, 0.29) is 5.41 Å². The van der Waals surface area contributed by atoms with Gasteiger partial charge in [0.2, 0.25) is 0 Å². The lowest BCUT2D eigenvalue weighted by atomic mass is 10.1. The Bertz CT molecular complexity index is 591. The van der Waals surface area contributed by atoms with E-state index in [0.717, 1.165) is 34.1 Å². The van der Waals surface area contributed by atoms with Crippen LogP contribution in [0.5, 0.6) is 0 Å². The van der Waals surface area contributed by atoms with Crippen LogP contribution >= 0.6 is 11.3 Å². The van der Waals surface area contributed by atoms with Gasteiger partial charge in [-0.15, -0.1) is 11.3 Å². The summed E-state index contributed by atoms with van der Waals surface area (Å²) in [6.45, 7) is 2.04. The van der Waals surface area contributed by atoms with E-state index in [9.17, 15) is 5.26 Å². The molecule has 0 aliphatic heterocycles. The molecule has 2 aromatic rings.